The molecule has 2 aliphatic rings. The van der Waals surface area contributed by atoms with Crippen molar-refractivity contribution in [3.05, 3.63) is 59.7 Å². The molecular formula is C27H32N2O6. The maximum absolute atomic E-state index is 13.2. The van der Waals surface area contributed by atoms with Gasteiger partial charge in [-0.3, -0.25) is 9.59 Å². The number of fused-ring (bicyclic) bond motifs is 3. The number of hydrogen-bond donors (Lipinski definition) is 2. The Kier molecular flexibility index (Phi) is 7.70. The number of rotatable bonds is 9. The van der Waals surface area contributed by atoms with E-state index in [-0.39, 0.29) is 31.5 Å². The van der Waals surface area contributed by atoms with E-state index in [4.69, 9.17) is 9.47 Å². The highest BCUT2D eigenvalue weighted by molar-refractivity contribution is 5.87. The number of likely N-dealkylation sites (tertiary alicyclic amines) is 1. The van der Waals surface area contributed by atoms with Gasteiger partial charge < -0.3 is 24.8 Å². The monoisotopic (exact) mass is 480 g/mol. The van der Waals surface area contributed by atoms with Gasteiger partial charge in [-0.2, -0.15) is 0 Å². The van der Waals surface area contributed by atoms with Gasteiger partial charge in [0.25, 0.3) is 0 Å². The highest BCUT2D eigenvalue weighted by Gasteiger charge is 2.42. The summed E-state index contributed by atoms with van der Waals surface area (Å²) in [7, 11) is 0. The van der Waals surface area contributed by atoms with Crippen molar-refractivity contribution in [2.24, 2.45) is 5.92 Å². The summed E-state index contributed by atoms with van der Waals surface area (Å²) < 4.78 is 11.2. The summed E-state index contributed by atoms with van der Waals surface area (Å²) in [4.78, 5) is 39.0. The molecule has 1 heterocycles. The summed E-state index contributed by atoms with van der Waals surface area (Å²) in [5.41, 5.74) is 4.51. The zero-order chi connectivity index (χ0) is 24.9. The SMILES string of the molecule is CCC[C@H](NC(=O)OCC1c2ccccc2-c2ccccc21)C(=O)N1CC(OCC)C(C(=O)O)C1. The van der Waals surface area contributed by atoms with Crippen molar-refractivity contribution < 1.29 is 29.0 Å². The summed E-state index contributed by atoms with van der Waals surface area (Å²) in [6.45, 7) is 4.49. The number of carboxylic acid groups (broad SMARTS) is 1. The first kappa shape index (κ1) is 24.7. The highest BCUT2D eigenvalue weighted by Crippen LogP contribution is 2.44. The van der Waals surface area contributed by atoms with Crippen LogP contribution in [0.15, 0.2) is 48.5 Å². The average molecular weight is 481 g/mol. The fraction of sp³-hybridized carbons (Fsp3) is 0.444. The number of benzene rings is 2. The molecule has 1 aliphatic carbocycles. The summed E-state index contributed by atoms with van der Waals surface area (Å²) in [6.07, 6.45) is -0.117. The average Bonchev–Trinajstić information content (AvgIpc) is 3.42. The molecule has 35 heavy (non-hydrogen) atoms. The Morgan fingerprint density at radius 1 is 1.03 bits per heavy atom. The van der Waals surface area contributed by atoms with Crippen molar-refractivity contribution in [3.63, 3.8) is 0 Å². The second-order valence-electron chi connectivity index (χ2n) is 8.99. The van der Waals surface area contributed by atoms with Gasteiger partial charge in [0.05, 0.1) is 6.10 Å². The molecule has 3 atom stereocenters. The predicted molar refractivity (Wildman–Crippen MR) is 130 cm³/mol. The zero-order valence-electron chi connectivity index (χ0n) is 20.1. The minimum atomic E-state index is -0.990. The van der Waals surface area contributed by atoms with Crippen LogP contribution in [0, 0.1) is 5.92 Å². The molecule has 0 bridgehead atoms. The number of carboxylic acids is 1. The third-order valence-corrected chi connectivity index (χ3v) is 6.79. The van der Waals surface area contributed by atoms with Crippen LogP contribution in [0.1, 0.15) is 43.7 Å². The van der Waals surface area contributed by atoms with Crippen LogP contribution in [0.5, 0.6) is 0 Å². The van der Waals surface area contributed by atoms with E-state index in [1.807, 2.05) is 43.3 Å². The first-order valence-corrected chi connectivity index (χ1v) is 12.2. The van der Waals surface area contributed by atoms with Gasteiger partial charge in [-0.25, -0.2) is 4.79 Å². The van der Waals surface area contributed by atoms with Gasteiger partial charge in [0.1, 0.15) is 18.6 Å². The van der Waals surface area contributed by atoms with E-state index in [0.29, 0.717) is 19.4 Å². The lowest BCUT2D eigenvalue weighted by Gasteiger charge is -2.24. The smallest absolute Gasteiger partial charge is 0.407 e. The number of alkyl carbamates (subject to hydrolysis) is 1. The second-order valence-corrected chi connectivity index (χ2v) is 8.99. The van der Waals surface area contributed by atoms with E-state index in [1.165, 1.54) is 4.90 Å². The Hall–Kier alpha value is -3.39. The van der Waals surface area contributed by atoms with Gasteiger partial charge in [0, 0.05) is 25.6 Å². The standard InChI is InChI=1S/C27H32N2O6/c1-3-9-23(25(30)29-14-21(26(31)32)24(15-29)34-4-2)28-27(33)35-16-22-19-12-7-5-10-17(19)18-11-6-8-13-20(18)22/h5-8,10-13,21-24H,3-4,9,14-16H2,1-2H3,(H,28,33)(H,31,32)/t21?,23-,24?/m0/s1. The molecule has 0 radical (unpaired) electrons. The minimum absolute atomic E-state index is 0.0609. The largest absolute Gasteiger partial charge is 0.481 e. The quantitative estimate of drug-likeness (QED) is 0.568. The molecule has 0 saturated carbocycles. The van der Waals surface area contributed by atoms with Gasteiger partial charge in [-0.15, -0.1) is 0 Å². The summed E-state index contributed by atoms with van der Waals surface area (Å²) in [5.74, 6) is -2.16. The van der Waals surface area contributed by atoms with Crippen LogP contribution in [-0.2, 0) is 19.1 Å². The number of ether oxygens (including phenoxy) is 2. The molecule has 0 aromatic heterocycles. The Bertz CT molecular complexity index is 1040. The lowest BCUT2D eigenvalue weighted by atomic mass is 9.98. The number of nitrogens with zero attached hydrogens (tertiary/aromatic N) is 1. The molecule has 2 aromatic rings. The number of amides is 2. The van der Waals surface area contributed by atoms with Gasteiger partial charge in [-0.1, -0.05) is 61.9 Å². The van der Waals surface area contributed by atoms with Crippen molar-refractivity contribution in [2.75, 3.05) is 26.3 Å². The van der Waals surface area contributed by atoms with Gasteiger partial charge >= 0.3 is 12.1 Å². The molecular weight excluding hydrogens is 448 g/mol. The Labute approximate surface area is 205 Å². The normalized spacial score (nSPS) is 19.7. The molecule has 1 aliphatic heterocycles. The Balaban J connectivity index is 1.40. The molecule has 8 nitrogen and oxygen atoms in total. The number of nitrogens with one attached hydrogen (secondary N) is 1. The molecule has 4 rings (SSSR count). The van der Waals surface area contributed by atoms with E-state index >= 15 is 0 Å². The fourth-order valence-electron chi connectivity index (χ4n) is 5.12. The van der Waals surface area contributed by atoms with Crippen LogP contribution in [0.2, 0.25) is 0 Å². The summed E-state index contributed by atoms with van der Waals surface area (Å²) in [5, 5.41) is 12.2. The molecule has 2 unspecified atom stereocenters. The van der Waals surface area contributed by atoms with Gasteiger partial charge in [0.2, 0.25) is 5.91 Å². The number of hydrogen-bond acceptors (Lipinski definition) is 5. The van der Waals surface area contributed by atoms with Crippen LogP contribution < -0.4 is 5.32 Å². The molecule has 186 valence electrons. The van der Waals surface area contributed by atoms with Crippen LogP contribution >= 0.6 is 0 Å². The third-order valence-electron chi connectivity index (χ3n) is 6.79. The lowest BCUT2D eigenvalue weighted by molar-refractivity contribution is -0.145. The van der Waals surface area contributed by atoms with E-state index in [2.05, 4.69) is 17.4 Å². The number of carbonyl (C=O) groups is 3. The fourth-order valence-corrected chi connectivity index (χ4v) is 5.12. The van der Waals surface area contributed by atoms with Crippen LogP contribution in [0.25, 0.3) is 11.1 Å². The van der Waals surface area contributed by atoms with E-state index in [9.17, 15) is 19.5 Å². The van der Waals surface area contributed by atoms with Crippen molar-refractivity contribution in [1.29, 1.82) is 0 Å². The topological polar surface area (TPSA) is 105 Å². The second kappa shape index (κ2) is 10.9. The number of carbonyl (C=O) groups excluding carboxylic acids is 2. The van der Waals surface area contributed by atoms with Crippen LogP contribution in [0.3, 0.4) is 0 Å². The maximum atomic E-state index is 13.2. The summed E-state index contributed by atoms with van der Waals surface area (Å²) >= 11 is 0. The molecule has 0 spiro atoms. The van der Waals surface area contributed by atoms with E-state index < -0.39 is 30.1 Å². The van der Waals surface area contributed by atoms with Gasteiger partial charge in [0.15, 0.2) is 0 Å². The Morgan fingerprint density at radius 2 is 1.66 bits per heavy atom. The maximum Gasteiger partial charge on any atom is 0.407 e. The first-order chi connectivity index (χ1) is 16.9. The predicted octanol–water partition coefficient (Wildman–Crippen LogP) is 3.64. The van der Waals surface area contributed by atoms with E-state index in [0.717, 1.165) is 22.3 Å². The van der Waals surface area contributed by atoms with Crippen LogP contribution in [0.4, 0.5) is 4.79 Å². The minimum Gasteiger partial charge on any atom is -0.481 e. The number of aliphatic carboxylic acids is 1. The Morgan fingerprint density at radius 3 is 2.23 bits per heavy atom. The molecule has 8 heteroatoms. The van der Waals surface area contributed by atoms with Crippen molar-refractivity contribution in [1.82, 2.24) is 10.2 Å². The van der Waals surface area contributed by atoms with E-state index in [1.54, 1.807) is 6.92 Å². The molecule has 1 fully saturated rings. The molecule has 2 N–H and O–H groups in total. The highest BCUT2D eigenvalue weighted by atomic mass is 16.5. The van der Waals surface area contributed by atoms with Crippen LogP contribution in [-0.4, -0.2) is 66.4 Å². The molecule has 2 aromatic carbocycles. The molecule has 2 amide bonds. The zero-order valence-corrected chi connectivity index (χ0v) is 20.1. The lowest BCUT2D eigenvalue weighted by Crippen LogP contribution is -2.48. The van der Waals surface area contributed by atoms with Crippen molar-refractivity contribution in [2.45, 2.75) is 44.8 Å². The molecule has 1 saturated heterocycles. The first-order valence-electron chi connectivity index (χ1n) is 12.2. The third kappa shape index (κ3) is 5.17. The van der Waals surface area contributed by atoms with Gasteiger partial charge in [-0.05, 0) is 35.6 Å². The summed E-state index contributed by atoms with van der Waals surface area (Å²) in [6, 6.07) is 15.4. The van der Waals surface area contributed by atoms with Crippen molar-refractivity contribution >= 4 is 18.0 Å². The van der Waals surface area contributed by atoms with Crippen molar-refractivity contribution in [3.8, 4) is 11.1 Å².